The van der Waals surface area contributed by atoms with Gasteiger partial charge in [0.15, 0.2) is 0 Å². The molecular formula is C21H24N2O4. The molecule has 2 N–H and O–H groups in total. The molecule has 0 saturated carbocycles. The number of hydrogen-bond donors (Lipinski definition) is 2. The lowest BCUT2D eigenvalue weighted by atomic mass is 10.0. The molecule has 6 heteroatoms. The summed E-state index contributed by atoms with van der Waals surface area (Å²) in [5, 5.41) is 5.55. The SMILES string of the molecule is COC(=O)CC(C)NC(=O)C(Cc1ccccc1)NC(=O)c1ccccc1. The number of hydrogen-bond acceptors (Lipinski definition) is 4. The predicted molar refractivity (Wildman–Crippen MR) is 102 cm³/mol. The Balaban J connectivity index is 2.10. The molecule has 0 aromatic heterocycles. The first-order valence-corrected chi connectivity index (χ1v) is 8.76. The number of benzene rings is 2. The summed E-state index contributed by atoms with van der Waals surface area (Å²) in [6.07, 6.45) is 0.406. The average Bonchev–Trinajstić information content (AvgIpc) is 2.68. The highest BCUT2D eigenvalue weighted by Gasteiger charge is 2.24. The molecule has 142 valence electrons. The number of rotatable bonds is 8. The molecule has 0 radical (unpaired) electrons. The van der Waals surface area contributed by atoms with Gasteiger partial charge in [-0.05, 0) is 24.6 Å². The van der Waals surface area contributed by atoms with E-state index in [4.69, 9.17) is 0 Å². The van der Waals surface area contributed by atoms with Crippen molar-refractivity contribution in [1.82, 2.24) is 10.6 Å². The van der Waals surface area contributed by atoms with Crippen molar-refractivity contribution in [3.8, 4) is 0 Å². The molecule has 0 spiro atoms. The monoisotopic (exact) mass is 368 g/mol. The minimum Gasteiger partial charge on any atom is -0.469 e. The van der Waals surface area contributed by atoms with Crippen molar-refractivity contribution in [3.05, 3.63) is 71.8 Å². The van der Waals surface area contributed by atoms with Gasteiger partial charge in [-0.15, -0.1) is 0 Å². The van der Waals surface area contributed by atoms with Crippen LogP contribution in [0.25, 0.3) is 0 Å². The molecule has 2 aromatic carbocycles. The highest BCUT2D eigenvalue weighted by molar-refractivity contribution is 5.97. The lowest BCUT2D eigenvalue weighted by Crippen LogP contribution is -2.50. The lowest BCUT2D eigenvalue weighted by Gasteiger charge is -2.21. The molecule has 6 nitrogen and oxygen atoms in total. The number of ether oxygens (including phenoxy) is 1. The molecule has 2 unspecified atom stereocenters. The van der Waals surface area contributed by atoms with E-state index in [1.165, 1.54) is 7.11 Å². The molecule has 0 aliphatic heterocycles. The van der Waals surface area contributed by atoms with E-state index >= 15 is 0 Å². The molecule has 2 amide bonds. The molecule has 0 aliphatic carbocycles. The first kappa shape index (κ1) is 20.2. The van der Waals surface area contributed by atoms with Gasteiger partial charge in [0.25, 0.3) is 5.91 Å². The summed E-state index contributed by atoms with van der Waals surface area (Å²) in [4.78, 5) is 36.6. The van der Waals surface area contributed by atoms with Gasteiger partial charge in [0.05, 0.1) is 13.5 Å². The first-order valence-electron chi connectivity index (χ1n) is 8.76. The van der Waals surface area contributed by atoms with Gasteiger partial charge in [-0.3, -0.25) is 14.4 Å². The zero-order valence-corrected chi connectivity index (χ0v) is 15.5. The Kier molecular flexibility index (Phi) is 7.55. The zero-order valence-electron chi connectivity index (χ0n) is 15.5. The van der Waals surface area contributed by atoms with Crippen LogP contribution in [0.2, 0.25) is 0 Å². The van der Waals surface area contributed by atoms with Crippen molar-refractivity contribution in [2.75, 3.05) is 7.11 Å². The molecule has 27 heavy (non-hydrogen) atoms. The van der Waals surface area contributed by atoms with Gasteiger partial charge in [0.1, 0.15) is 6.04 Å². The van der Waals surface area contributed by atoms with E-state index in [9.17, 15) is 14.4 Å². The van der Waals surface area contributed by atoms with E-state index < -0.39 is 18.1 Å². The molecule has 0 bridgehead atoms. The average molecular weight is 368 g/mol. The fraction of sp³-hybridized carbons (Fsp3) is 0.286. The number of esters is 1. The standard InChI is InChI=1S/C21H24N2O4/c1-15(13-19(24)27-2)22-21(26)18(14-16-9-5-3-6-10-16)23-20(25)17-11-7-4-8-12-17/h3-12,15,18H,13-14H2,1-2H3,(H,22,26)(H,23,25). The highest BCUT2D eigenvalue weighted by Crippen LogP contribution is 2.06. The Morgan fingerprint density at radius 2 is 1.52 bits per heavy atom. The predicted octanol–water partition coefficient (Wildman–Crippen LogP) is 2.10. The van der Waals surface area contributed by atoms with Crippen LogP contribution in [0.15, 0.2) is 60.7 Å². The normalized spacial score (nSPS) is 12.5. The summed E-state index contributed by atoms with van der Waals surface area (Å²) in [6.45, 7) is 1.72. The minimum absolute atomic E-state index is 0.0624. The Labute approximate surface area is 158 Å². The molecule has 2 atom stereocenters. The summed E-state index contributed by atoms with van der Waals surface area (Å²) in [5.41, 5.74) is 1.40. The van der Waals surface area contributed by atoms with Crippen LogP contribution in [0.4, 0.5) is 0 Å². The second-order valence-electron chi connectivity index (χ2n) is 6.27. The minimum atomic E-state index is -0.764. The largest absolute Gasteiger partial charge is 0.469 e. The van der Waals surface area contributed by atoms with E-state index in [1.54, 1.807) is 31.2 Å². The Morgan fingerprint density at radius 1 is 0.926 bits per heavy atom. The summed E-state index contributed by atoms with van der Waals surface area (Å²) >= 11 is 0. The topological polar surface area (TPSA) is 84.5 Å². The maximum absolute atomic E-state index is 12.7. The Bertz CT molecular complexity index is 762. The summed E-state index contributed by atoms with van der Waals surface area (Å²) in [5.74, 6) is -1.08. The molecule has 0 saturated heterocycles. The molecular weight excluding hydrogens is 344 g/mol. The Hall–Kier alpha value is -3.15. The van der Waals surface area contributed by atoms with E-state index in [2.05, 4.69) is 15.4 Å². The van der Waals surface area contributed by atoms with Crippen LogP contribution in [-0.2, 0) is 20.7 Å². The van der Waals surface area contributed by atoms with Crippen LogP contribution in [0.3, 0.4) is 0 Å². The van der Waals surface area contributed by atoms with Crippen LogP contribution < -0.4 is 10.6 Å². The van der Waals surface area contributed by atoms with Gasteiger partial charge < -0.3 is 15.4 Å². The van der Waals surface area contributed by atoms with Crippen molar-refractivity contribution in [2.45, 2.75) is 31.8 Å². The number of nitrogens with one attached hydrogen (secondary N) is 2. The quantitative estimate of drug-likeness (QED) is 0.699. The lowest BCUT2D eigenvalue weighted by molar-refractivity contribution is -0.141. The van der Waals surface area contributed by atoms with Gasteiger partial charge in [0, 0.05) is 18.0 Å². The third-order valence-corrected chi connectivity index (χ3v) is 4.03. The third kappa shape index (κ3) is 6.58. The van der Waals surface area contributed by atoms with Crippen LogP contribution in [-0.4, -0.2) is 37.0 Å². The van der Waals surface area contributed by atoms with Crippen molar-refractivity contribution in [2.24, 2.45) is 0 Å². The number of carbonyl (C=O) groups excluding carboxylic acids is 3. The molecule has 0 aliphatic rings. The van der Waals surface area contributed by atoms with Crippen molar-refractivity contribution >= 4 is 17.8 Å². The van der Waals surface area contributed by atoms with Gasteiger partial charge in [0.2, 0.25) is 5.91 Å². The van der Waals surface area contributed by atoms with E-state index in [1.807, 2.05) is 36.4 Å². The van der Waals surface area contributed by atoms with Crippen LogP contribution in [0, 0.1) is 0 Å². The summed E-state index contributed by atoms with van der Waals surface area (Å²) in [7, 11) is 1.30. The molecule has 2 rings (SSSR count). The van der Waals surface area contributed by atoms with E-state index in [-0.39, 0.29) is 18.2 Å². The van der Waals surface area contributed by atoms with Crippen LogP contribution >= 0.6 is 0 Å². The smallest absolute Gasteiger partial charge is 0.307 e. The first-order chi connectivity index (χ1) is 13.0. The second kappa shape index (κ2) is 10.1. The van der Waals surface area contributed by atoms with Crippen LogP contribution in [0.1, 0.15) is 29.3 Å². The maximum atomic E-state index is 12.7. The van der Waals surface area contributed by atoms with Crippen LogP contribution in [0.5, 0.6) is 0 Å². The summed E-state index contributed by atoms with van der Waals surface area (Å²) in [6, 6.07) is 17.0. The van der Waals surface area contributed by atoms with Gasteiger partial charge in [-0.1, -0.05) is 48.5 Å². The third-order valence-electron chi connectivity index (χ3n) is 4.03. The zero-order chi connectivity index (χ0) is 19.6. The molecule has 0 fully saturated rings. The van der Waals surface area contributed by atoms with Gasteiger partial charge in [-0.2, -0.15) is 0 Å². The van der Waals surface area contributed by atoms with E-state index in [0.717, 1.165) is 5.56 Å². The second-order valence-corrected chi connectivity index (χ2v) is 6.27. The Morgan fingerprint density at radius 3 is 2.11 bits per heavy atom. The van der Waals surface area contributed by atoms with Crippen molar-refractivity contribution in [3.63, 3.8) is 0 Å². The van der Waals surface area contributed by atoms with E-state index in [0.29, 0.717) is 12.0 Å². The van der Waals surface area contributed by atoms with Gasteiger partial charge >= 0.3 is 5.97 Å². The number of carbonyl (C=O) groups is 3. The fourth-order valence-electron chi connectivity index (χ4n) is 2.62. The fourth-order valence-corrected chi connectivity index (χ4v) is 2.62. The number of methoxy groups -OCH3 is 1. The highest BCUT2D eigenvalue weighted by atomic mass is 16.5. The summed E-state index contributed by atoms with van der Waals surface area (Å²) < 4.78 is 4.62. The molecule has 2 aromatic rings. The molecule has 0 heterocycles. The maximum Gasteiger partial charge on any atom is 0.307 e. The number of amides is 2. The van der Waals surface area contributed by atoms with Crippen molar-refractivity contribution < 1.29 is 19.1 Å². The van der Waals surface area contributed by atoms with Crippen molar-refractivity contribution in [1.29, 1.82) is 0 Å². The van der Waals surface area contributed by atoms with Gasteiger partial charge in [-0.25, -0.2) is 0 Å².